The number of benzene rings is 1. The van der Waals surface area contributed by atoms with Crippen LogP contribution in [0, 0.1) is 5.41 Å². The Morgan fingerprint density at radius 2 is 1.88 bits per heavy atom. The van der Waals surface area contributed by atoms with Crippen LogP contribution in [-0.4, -0.2) is 16.8 Å². The zero-order valence-corrected chi connectivity index (χ0v) is 10.6. The molecular weight excluding hydrogens is 216 g/mol. The first-order chi connectivity index (χ1) is 7.86. The molecule has 1 rings (SSSR count). The van der Waals surface area contributed by atoms with Crippen molar-refractivity contribution in [1.29, 1.82) is 0 Å². The molecule has 1 aromatic rings. The van der Waals surface area contributed by atoms with Crippen molar-refractivity contribution in [3.05, 3.63) is 29.8 Å². The fraction of sp³-hybridized carbons (Fsp3) is 0.385. The van der Waals surface area contributed by atoms with Crippen LogP contribution in [0.25, 0.3) is 0 Å². The minimum atomic E-state index is -0.461. The summed E-state index contributed by atoms with van der Waals surface area (Å²) in [7, 11) is 0. The maximum atomic E-state index is 11.9. The van der Waals surface area contributed by atoms with E-state index in [0.717, 1.165) is 0 Å². The SMILES string of the molecule is C/C(=N/O)c1ccccc1NC(=O)C(C)(C)C. The average molecular weight is 234 g/mol. The Labute approximate surface area is 101 Å². The van der Waals surface area contributed by atoms with E-state index in [2.05, 4.69) is 10.5 Å². The van der Waals surface area contributed by atoms with Gasteiger partial charge in [-0.3, -0.25) is 4.79 Å². The second kappa shape index (κ2) is 4.99. The molecule has 0 atom stereocenters. The molecule has 1 amide bonds. The van der Waals surface area contributed by atoms with Gasteiger partial charge in [-0.05, 0) is 13.0 Å². The fourth-order valence-electron chi connectivity index (χ4n) is 1.27. The van der Waals surface area contributed by atoms with Crippen molar-refractivity contribution < 1.29 is 10.0 Å². The van der Waals surface area contributed by atoms with Crippen molar-refractivity contribution in [3.8, 4) is 0 Å². The third kappa shape index (κ3) is 3.31. The molecule has 0 aliphatic heterocycles. The van der Waals surface area contributed by atoms with Gasteiger partial charge in [0.2, 0.25) is 5.91 Å². The first kappa shape index (κ1) is 13.2. The third-order valence-electron chi connectivity index (χ3n) is 2.40. The molecule has 0 aromatic heterocycles. The van der Waals surface area contributed by atoms with Crippen molar-refractivity contribution in [3.63, 3.8) is 0 Å². The number of carbonyl (C=O) groups excluding carboxylic acids is 1. The molecule has 0 unspecified atom stereocenters. The van der Waals surface area contributed by atoms with Crippen LogP contribution >= 0.6 is 0 Å². The van der Waals surface area contributed by atoms with Crippen LogP contribution in [0.2, 0.25) is 0 Å². The quantitative estimate of drug-likeness (QED) is 0.469. The van der Waals surface area contributed by atoms with E-state index in [4.69, 9.17) is 5.21 Å². The van der Waals surface area contributed by atoms with Gasteiger partial charge < -0.3 is 10.5 Å². The molecule has 0 radical (unpaired) electrons. The Morgan fingerprint density at radius 3 is 2.41 bits per heavy atom. The Morgan fingerprint density at radius 1 is 1.29 bits per heavy atom. The molecule has 2 N–H and O–H groups in total. The Balaban J connectivity index is 3.04. The summed E-state index contributed by atoms with van der Waals surface area (Å²) in [5, 5.41) is 14.8. The van der Waals surface area contributed by atoms with Crippen molar-refractivity contribution in [1.82, 2.24) is 0 Å². The van der Waals surface area contributed by atoms with Crippen LogP contribution < -0.4 is 5.32 Å². The molecule has 92 valence electrons. The van der Waals surface area contributed by atoms with Crippen LogP contribution in [0.1, 0.15) is 33.3 Å². The van der Waals surface area contributed by atoms with Gasteiger partial charge in [0.15, 0.2) is 0 Å². The molecule has 1 aromatic carbocycles. The maximum Gasteiger partial charge on any atom is 0.229 e. The molecule has 0 fully saturated rings. The lowest BCUT2D eigenvalue weighted by atomic mass is 9.95. The van der Waals surface area contributed by atoms with E-state index in [0.29, 0.717) is 17.0 Å². The number of hydrogen-bond acceptors (Lipinski definition) is 3. The summed E-state index contributed by atoms with van der Waals surface area (Å²) < 4.78 is 0. The maximum absolute atomic E-state index is 11.9. The summed E-state index contributed by atoms with van der Waals surface area (Å²) >= 11 is 0. The van der Waals surface area contributed by atoms with E-state index < -0.39 is 5.41 Å². The highest BCUT2D eigenvalue weighted by molar-refractivity contribution is 6.06. The summed E-state index contributed by atoms with van der Waals surface area (Å²) in [4.78, 5) is 11.9. The number of carbonyl (C=O) groups is 1. The van der Waals surface area contributed by atoms with E-state index >= 15 is 0 Å². The predicted octanol–water partition coefficient (Wildman–Crippen LogP) is 2.87. The molecule has 0 saturated carbocycles. The van der Waals surface area contributed by atoms with Gasteiger partial charge in [-0.25, -0.2) is 0 Å². The number of anilines is 1. The molecular formula is C13H18N2O2. The molecule has 0 aliphatic carbocycles. The Hall–Kier alpha value is -1.84. The number of nitrogens with one attached hydrogen (secondary N) is 1. The lowest BCUT2D eigenvalue weighted by molar-refractivity contribution is -0.123. The van der Waals surface area contributed by atoms with Gasteiger partial charge >= 0.3 is 0 Å². The van der Waals surface area contributed by atoms with Crippen LogP contribution in [0.5, 0.6) is 0 Å². The van der Waals surface area contributed by atoms with Crippen molar-refractivity contribution in [2.45, 2.75) is 27.7 Å². The highest BCUT2D eigenvalue weighted by Gasteiger charge is 2.22. The number of rotatable bonds is 2. The first-order valence-electron chi connectivity index (χ1n) is 5.46. The van der Waals surface area contributed by atoms with Crippen LogP contribution in [0.3, 0.4) is 0 Å². The largest absolute Gasteiger partial charge is 0.411 e. The number of hydrogen-bond donors (Lipinski definition) is 2. The molecule has 0 aliphatic rings. The van der Waals surface area contributed by atoms with Crippen LogP contribution in [0.15, 0.2) is 29.4 Å². The smallest absolute Gasteiger partial charge is 0.229 e. The standard InChI is InChI=1S/C13H18N2O2/c1-9(15-17)10-7-5-6-8-11(10)14-12(16)13(2,3)4/h5-8,17H,1-4H3,(H,14,16)/b15-9-. The number of nitrogens with zero attached hydrogens (tertiary/aromatic N) is 1. The molecule has 17 heavy (non-hydrogen) atoms. The summed E-state index contributed by atoms with van der Waals surface area (Å²) in [5.41, 5.74) is 1.38. The second-order valence-corrected chi connectivity index (χ2v) is 4.94. The zero-order chi connectivity index (χ0) is 13.1. The minimum absolute atomic E-state index is 0.0734. The van der Waals surface area contributed by atoms with Gasteiger partial charge in [0, 0.05) is 16.7 Å². The fourth-order valence-corrected chi connectivity index (χ4v) is 1.27. The molecule has 4 heteroatoms. The Kier molecular flexibility index (Phi) is 3.89. The molecule has 0 saturated heterocycles. The summed E-state index contributed by atoms with van der Waals surface area (Å²) in [5.74, 6) is -0.0734. The van der Waals surface area contributed by atoms with Gasteiger partial charge in [0.25, 0.3) is 0 Å². The van der Waals surface area contributed by atoms with Crippen molar-refractivity contribution in [2.75, 3.05) is 5.32 Å². The normalized spacial score (nSPS) is 12.4. The summed E-state index contributed by atoms with van der Waals surface area (Å²) in [6, 6.07) is 7.24. The number of amides is 1. The van der Waals surface area contributed by atoms with E-state index in [1.807, 2.05) is 32.9 Å². The molecule has 0 spiro atoms. The third-order valence-corrected chi connectivity index (χ3v) is 2.40. The topological polar surface area (TPSA) is 61.7 Å². The molecule has 0 bridgehead atoms. The Bertz CT molecular complexity index is 445. The zero-order valence-electron chi connectivity index (χ0n) is 10.6. The molecule has 0 heterocycles. The van der Waals surface area contributed by atoms with Gasteiger partial charge in [-0.1, -0.05) is 44.1 Å². The highest BCUT2D eigenvalue weighted by Crippen LogP contribution is 2.20. The van der Waals surface area contributed by atoms with Gasteiger partial charge in [-0.2, -0.15) is 0 Å². The van der Waals surface area contributed by atoms with E-state index in [1.54, 1.807) is 19.1 Å². The minimum Gasteiger partial charge on any atom is -0.411 e. The first-order valence-corrected chi connectivity index (χ1v) is 5.46. The lowest BCUT2D eigenvalue weighted by Gasteiger charge is -2.19. The van der Waals surface area contributed by atoms with Crippen LogP contribution in [-0.2, 0) is 4.79 Å². The number of para-hydroxylation sites is 1. The summed E-state index contributed by atoms with van der Waals surface area (Å²) in [6.07, 6.45) is 0. The monoisotopic (exact) mass is 234 g/mol. The van der Waals surface area contributed by atoms with Crippen molar-refractivity contribution in [2.24, 2.45) is 10.6 Å². The van der Waals surface area contributed by atoms with Crippen LogP contribution in [0.4, 0.5) is 5.69 Å². The van der Waals surface area contributed by atoms with E-state index in [9.17, 15) is 4.79 Å². The van der Waals surface area contributed by atoms with E-state index in [1.165, 1.54) is 0 Å². The van der Waals surface area contributed by atoms with Gasteiger partial charge in [0.05, 0.1) is 5.71 Å². The second-order valence-electron chi connectivity index (χ2n) is 4.94. The van der Waals surface area contributed by atoms with E-state index in [-0.39, 0.29) is 5.91 Å². The average Bonchev–Trinajstić information content (AvgIpc) is 2.27. The lowest BCUT2D eigenvalue weighted by Crippen LogP contribution is -2.28. The number of oxime groups is 1. The van der Waals surface area contributed by atoms with Gasteiger partial charge in [0.1, 0.15) is 0 Å². The predicted molar refractivity (Wildman–Crippen MR) is 68.5 cm³/mol. The molecule has 4 nitrogen and oxygen atoms in total. The van der Waals surface area contributed by atoms with Gasteiger partial charge in [-0.15, -0.1) is 0 Å². The highest BCUT2D eigenvalue weighted by atomic mass is 16.4. The van der Waals surface area contributed by atoms with Crippen molar-refractivity contribution >= 4 is 17.3 Å². The summed E-state index contributed by atoms with van der Waals surface area (Å²) in [6.45, 7) is 7.22.